The fourth-order valence-corrected chi connectivity index (χ4v) is 2.28. The molecule has 2 N–H and O–H groups in total. The first-order valence-corrected chi connectivity index (χ1v) is 6.05. The molecule has 17 heavy (non-hydrogen) atoms. The van der Waals surface area contributed by atoms with Gasteiger partial charge in [0, 0.05) is 30.5 Å². The molecule has 94 valence electrons. The summed E-state index contributed by atoms with van der Waals surface area (Å²) in [5.41, 5.74) is 7.94. The van der Waals surface area contributed by atoms with Gasteiger partial charge in [0.15, 0.2) is 0 Å². The van der Waals surface area contributed by atoms with Crippen LogP contribution in [0, 0.1) is 0 Å². The maximum Gasteiger partial charge on any atom is 0.127 e. The summed E-state index contributed by atoms with van der Waals surface area (Å²) in [6.07, 6.45) is 4.02. The molecule has 0 amide bonds. The highest BCUT2D eigenvalue weighted by Gasteiger charge is 2.32. The summed E-state index contributed by atoms with van der Waals surface area (Å²) in [4.78, 5) is 6.39. The van der Waals surface area contributed by atoms with Crippen molar-refractivity contribution in [3.8, 4) is 0 Å². The Balaban J connectivity index is 2.30. The highest BCUT2D eigenvalue weighted by molar-refractivity contribution is 5.42. The predicted molar refractivity (Wildman–Crippen MR) is 68.6 cm³/mol. The van der Waals surface area contributed by atoms with Gasteiger partial charge in [-0.1, -0.05) is 0 Å². The molecule has 1 aromatic rings. The maximum atomic E-state index is 5.90. The number of anilines is 1. The van der Waals surface area contributed by atoms with E-state index in [1.54, 1.807) is 0 Å². The lowest BCUT2D eigenvalue weighted by atomic mass is 9.93. The molecular weight excluding hydrogens is 214 g/mol. The maximum absolute atomic E-state index is 5.90. The summed E-state index contributed by atoms with van der Waals surface area (Å²) < 4.78 is 5.83. The van der Waals surface area contributed by atoms with E-state index in [1.165, 1.54) is 0 Å². The second-order valence-corrected chi connectivity index (χ2v) is 5.19. The van der Waals surface area contributed by atoms with Crippen molar-refractivity contribution in [2.75, 3.05) is 26.4 Å². The van der Waals surface area contributed by atoms with Crippen LogP contribution in [0.3, 0.4) is 0 Å². The first kappa shape index (κ1) is 12.3. The van der Waals surface area contributed by atoms with E-state index < -0.39 is 0 Å². The van der Waals surface area contributed by atoms with Crippen LogP contribution in [-0.2, 0) is 16.9 Å². The molecule has 1 saturated heterocycles. The van der Waals surface area contributed by atoms with Gasteiger partial charge in [-0.15, -0.1) is 0 Å². The van der Waals surface area contributed by atoms with Gasteiger partial charge < -0.3 is 15.4 Å². The summed E-state index contributed by atoms with van der Waals surface area (Å²) in [5, 5.41) is 0. The molecule has 2 heterocycles. The van der Waals surface area contributed by atoms with E-state index in [-0.39, 0.29) is 5.60 Å². The van der Waals surface area contributed by atoms with Crippen molar-refractivity contribution in [3.63, 3.8) is 0 Å². The molecule has 0 spiro atoms. The van der Waals surface area contributed by atoms with Crippen LogP contribution in [0.25, 0.3) is 0 Å². The number of hydrogen-bond donors (Lipinski definition) is 1. The number of ether oxygens (including phenoxy) is 1. The summed E-state index contributed by atoms with van der Waals surface area (Å²) in [6.45, 7) is 3.78. The molecule has 0 saturated carbocycles. The van der Waals surface area contributed by atoms with Crippen LogP contribution < -0.4 is 5.73 Å². The lowest BCUT2D eigenvalue weighted by molar-refractivity contribution is 0.0165. The first-order valence-electron chi connectivity index (χ1n) is 6.05. The van der Waals surface area contributed by atoms with Gasteiger partial charge in [-0.25, -0.2) is 4.98 Å². The number of nitrogen functional groups attached to an aromatic ring is 1. The molecule has 2 rings (SSSR count). The molecule has 0 bridgehead atoms. The van der Waals surface area contributed by atoms with Crippen LogP contribution in [0.5, 0.6) is 0 Å². The summed E-state index contributed by atoms with van der Waals surface area (Å²) in [6, 6.07) is 2.13. The van der Waals surface area contributed by atoms with Gasteiger partial charge in [0.25, 0.3) is 0 Å². The van der Waals surface area contributed by atoms with Crippen LogP contribution in [0.4, 0.5) is 5.82 Å². The zero-order chi connectivity index (χ0) is 12.5. The smallest absolute Gasteiger partial charge is 0.127 e. The number of nitrogens with two attached hydrogens (primary N) is 1. The third-order valence-electron chi connectivity index (χ3n) is 3.32. The van der Waals surface area contributed by atoms with Gasteiger partial charge in [-0.2, -0.15) is 0 Å². The second-order valence-electron chi connectivity index (χ2n) is 5.19. The molecule has 1 fully saturated rings. The van der Waals surface area contributed by atoms with Gasteiger partial charge in [-0.05, 0) is 39.9 Å². The summed E-state index contributed by atoms with van der Waals surface area (Å²) >= 11 is 0. The number of hydrogen-bond acceptors (Lipinski definition) is 4. The van der Waals surface area contributed by atoms with E-state index in [1.807, 2.05) is 20.3 Å². The minimum Gasteiger partial charge on any atom is -0.383 e. The Kier molecular flexibility index (Phi) is 3.35. The SMILES string of the molecule is CN(C)Cc1cc(C2(C)CCCO2)cnc1N. The van der Waals surface area contributed by atoms with Crippen LogP contribution in [0.2, 0.25) is 0 Å². The van der Waals surface area contributed by atoms with E-state index in [2.05, 4.69) is 22.9 Å². The Bertz CT molecular complexity index is 398. The van der Waals surface area contributed by atoms with E-state index in [4.69, 9.17) is 10.5 Å². The third-order valence-corrected chi connectivity index (χ3v) is 3.32. The van der Waals surface area contributed by atoms with Gasteiger partial charge in [0.05, 0.1) is 5.60 Å². The highest BCUT2D eigenvalue weighted by Crippen LogP contribution is 2.36. The molecule has 1 unspecified atom stereocenters. The normalized spacial score (nSPS) is 24.5. The topological polar surface area (TPSA) is 51.4 Å². The molecule has 0 aromatic carbocycles. The van der Waals surface area contributed by atoms with E-state index >= 15 is 0 Å². The van der Waals surface area contributed by atoms with E-state index in [0.29, 0.717) is 5.82 Å². The Labute approximate surface area is 103 Å². The average molecular weight is 235 g/mol. The zero-order valence-electron chi connectivity index (χ0n) is 10.9. The molecule has 1 aliphatic rings. The van der Waals surface area contributed by atoms with Gasteiger partial charge in [0.1, 0.15) is 5.82 Å². The van der Waals surface area contributed by atoms with Crippen molar-refractivity contribution in [2.45, 2.75) is 31.9 Å². The minimum absolute atomic E-state index is 0.179. The number of nitrogens with zero attached hydrogens (tertiary/aromatic N) is 2. The van der Waals surface area contributed by atoms with Crippen molar-refractivity contribution in [2.24, 2.45) is 0 Å². The highest BCUT2D eigenvalue weighted by atomic mass is 16.5. The summed E-state index contributed by atoms with van der Waals surface area (Å²) in [5.74, 6) is 0.615. The van der Waals surface area contributed by atoms with E-state index in [9.17, 15) is 0 Å². The number of rotatable bonds is 3. The Hall–Kier alpha value is -1.13. The second kappa shape index (κ2) is 4.63. The van der Waals surface area contributed by atoms with Gasteiger partial charge in [-0.3, -0.25) is 0 Å². The predicted octanol–water partition coefficient (Wildman–Crippen LogP) is 1.75. The molecular formula is C13H21N3O. The summed E-state index contributed by atoms with van der Waals surface area (Å²) in [7, 11) is 4.06. The van der Waals surface area contributed by atoms with Crippen LogP contribution in [0.15, 0.2) is 12.3 Å². The molecule has 1 aliphatic heterocycles. The van der Waals surface area contributed by atoms with E-state index in [0.717, 1.165) is 37.1 Å². The molecule has 0 aliphatic carbocycles. The zero-order valence-corrected chi connectivity index (χ0v) is 10.9. The monoisotopic (exact) mass is 235 g/mol. The molecule has 1 aromatic heterocycles. The Morgan fingerprint density at radius 2 is 2.29 bits per heavy atom. The third kappa shape index (κ3) is 2.58. The van der Waals surface area contributed by atoms with Crippen LogP contribution >= 0.6 is 0 Å². The molecule has 4 nitrogen and oxygen atoms in total. The molecule has 0 radical (unpaired) electrons. The first-order chi connectivity index (χ1) is 8.01. The van der Waals surface area contributed by atoms with Crippen LogP contribution in [-0.4, -0.2) is 30.6 Å². The van der Waals surface area contributed by atoms with Crippen molar-refractivity contribution in [1.29, 1.82) is 0 Å². The minimum atomic E-state index is -0.179. The quantitative estimate of drug-likeness (QED) is 0.867. The van der Waals surface area contributed by atoms with Crippen molar-refractivity contribution >= 4 is 5.82 Å². The van der Waals surface area contributed by atoms with Crippen molar-refractivity contribution in [3.05, 3.63) is 23.4 Å². The number of aromatic nitrogens is 1. The van der Waals surface area contributed by atoms with Crippen molar-refractivity contribution in [1.82, 2.24) is 9.88 Å². The van der Waals surface area contributed by atoms with Gasteiger partial charge in [0.2, 0.25) is 0 Å². The van der Waals surface area contributed by atoms with Crippen LogP contribution in [0.1, 0.15) is 30.9 Å². The molecule has 4 heteroatoms. The lowest BCUT2D eigenvalue weighted by Gasteiger charge is -2.24. The lowest BCUT2D eigenvalue weighted by Crippen LogP contribution is -2.21. The standard InChI is InChI=1S/C13H21N3O/c1-13(5-4-6-17-13)11-7-10(9-16(2)3)12(14)15-8-11/h7-8H,4-6,9H2,1-3H3,(H2,14,15). The van der Waals surface area contributed by atoms with Crippen molar-refractivity contribution < 1.29 is 4.74 Å². The number of pyridine rings is 1. The largest absolute Gasteiger partial charge is 0.383 e. The fraction of sp³-hybridized carbons (Fsp3) is 0.615. The Morgan fingerprint density at radius 3 is 2.88 bits per heavy atom. The fourth-order valence-electron chi connectivity index (χ4n) is 2.28. The molecule has 1 atom stereocenters. The van der Waals surface area contributed by atoms with Gasteiger partial charge >= 0.3 is 0 Å². The average Bonchev–Trinajstić information content (AvgIpc) is 2.69. The Morgan fingerprint density at radius 1 is 1.53 bits per heavy atom.